The number of aryl methyl sites for hydroxylation is 1. The summed E-state index contributed by atoms with van der Waals surface area (Å²) in [6, 6.07) is 13.0. The van der Waals surface area contributed by atoms with Crippen LogP contribution in [0.3, 0.4) is 0 Å². The van der Waals surface area contributed by atoms with E-state index in [0.717, 1.165) is 17.8 Å². The monoisotopic (exact) mass is 428 g/mol. The number of amides is 1. The lowest BCUT2D eigenvalue weighted by molar-refractivity contribution is -0.384. The predicted molar refractivity (Wildman–Crippen MR) is 113 cm³/mol. The van der Waals surface area contributed by atoms with Crippen LogP contribution >= 0.6 is 11.6 Å². The maximum Gasteiger partial charge on any atom is 0.271 e. The van der Waals surface area contributed by atoms with Gasteiger partial charge in [0.2, 0.25) is 0 Å². The van der Waals surface area contributed by atoms with E-state index in [0.29, 0.717) is 17.9 Å². The zero-order valence-corrected chi connectivity index (χ0v) is 17.4. The van der Waals surface area contributed by atoms with Gasteiger partial charge in [0.15, 0.2) is 0 Å². The molecule has 0 unspecified atom stereocenters. The summed E-state index contributed by atoms with van der Waals surface area (Å²) in [5.41, 5.74) is 2.13. The van der Waals surface area contributed by atoms with Gasteiger partial charge in [-0.05, 0) is 36.8 Å². The maximum atomic E-state index is 12.6. The van der Waals surface area contributed by atoms with E-state index >= 15 is 0 Å². The molecule has 30 heavy (non-hydrogen) atoms. The van der Waals surface area contributed by atoms with Crippen molar-refractivity contribution in [2.45, 2.75) is 26.6 Å². The first-order chi connectivity index (χ1) is 14.4. The Kier molecular flexibility index (Phi) is 6.68. The number of benzene rings is 2. The van der Waals surface area contributed by atoms with Gasteiger partial charge in [-0.1, -0.05) is 23.7 Å². The molecule has 3 aromatic rings. The predicted octanol–water partition coefficient (Wildman–Crippen LogP) is 4.32. The van der Waals surface area contributed by atoms with Gasteiger partial charge in [0, 0.05) is 37.5 Å². The molecule has 156 valence electrons. The number of ether oxygens (including phenoxy) is 1. The Morgan fingerprint density at radius 3 is 2.57 bits per heavy atom. The average molecular weight is 429 g/mol. The molecule has 0 aliphatic carbocycles. The number of carbonyl (C=O) groups is 1. The van der Waals surface area contributed by atoms with E-state index in [4.69, 9.17) is 16.3 Å². The van der Waals surface area contributed by atoms with Gasteiger partial charge in [-0.25, -0.2) is 0 Å². The Labute approximate surface area is 178 Å². The smallest absolute Gasteiger partial charge is 0.271 e. The lowest BCUT2D eigenvalue weighted by atomic mass is 10.1. The summed E-state index contributed by atoms with van der Waals surface area (Å²) in [7, 11) is 1.74. The van der Waals surface area contributed by atoms with Gasteiger partial charge >= 0.3 is 0 Å². The van der Waals surface area contributed by atoms with Crippen LogP contribution in [-0.4, -0.2) is 32.6 Å². The van der Waals surface area contributed by atoms with Gasteiger partial charge in [0.25, 0.3) is 11.6 Å². The van der Waals surface area contributed by atoms with Crippen molar-refractivity contribution >= 4 is 23.2 Å². The lowest BCUT2D eigenvalue weighted by Gasteiger charge is -2.16. The van der Waals surface area contributed by atoms with Crippen LogP contribution in [0, 0.1) is 10.1 Å². The fourth-order valence-electron chi connectivity index (χ4n) is 2.82. The van der Waals surface area contributed by atoms with Crippen molar-refractivity contribution in [1.29, 1.82) is 0 Å². The molecule has 0 saturated carbocycles. The minimum Gasteiger partial charge on any atom is -0.487 e. The van der Waals surface area contributed by atoms with Crippen molar-refractivity contribution in [1.82, 2.24) is 14.7 Å². The Morgan fingerprint density at radius 2 is 1.97 bits per heavy atom. The second-order valence-electron chi connectivity index (χ2n) is 6.68. The van der Waals surface area contributed by atoms with Crippen LogP contribution in [0.2, 0.25) is 5.02 Å². The molecule has 1 heterocycles. The van der Waals surface area contributed by atoms with Crippen LogP contribution in [0.1, 0.15) is 28.5 Å². The minimum atomic E-state index is -0.516. The van der Waals surface area contributed by atoms with Crippen molar-refractivity contribution in [3.05, 3.63) is 86.7 Å². The van der Waals surface area contributed by atoms with Gasteiger partial charge in [-0.15, -0.1) is 0 Å². The maximum absolute atomic E-state index is 12.6. The number of aromatic nitrogens is 2. The molecule has 0 atom stereocenters. The first-order valence-corrected chi connectivity index (χ1v) is 9.68. The number of carbonyl (C=O) groups excluding carboxylic acids is 1. The highest BCUT2D eigenvalue weighted by Gasteiger charge is 2.14. The molecule has 9 heteroatoms. The quantitative estimate of drug-likeness (QED) is 0.393. The molecule has 0 spiro atoms. The SMILES string of the molecule is CCn1ccc(CN(C)C(=O)c2ccc(COc3ccc([N+](=O)[O-])cc3Cl)cc2)n1. The standard InChI is InChI=1S/C21H21ClN4O4/c1-3-25-11-10-17(23-25)13-24(2)21(27)16-6-4-15(5-7-16)14-30-20-9-8-18(26(28)29)12-19(20)22/h4-12H,3,13-14H2,1-2H3. The number of hydrogen-bond donors (Lipinski definition) is 0. The van der Waals surface area contributed by atoms with Gasteiger partial charge in [-0.3, -0.25) is 19.6 Å². The molecule has 0 aliphatic rings. The average Bonchev–Trinajstić information content (AvgIpc) is 3.20. The van der Waals surface area contributed by atoms with Crippen molar-refractivity contribution in [2.75, 3.05) is 7.05 Å². The summed E-state index contributed by atoms with van der Waals surface area (Å²) < 4.78 is 7.46. The third kappa shape index (κ3) is 5.15. The first kappa shape index (κ1) is 21.3. The van der Waals surface area contributed by atoms with Crippen molar-refractivity contribution in [2.24, 2.45) is 0 Å². The summed E-state index contributed by atoms with van der Waals surface area (Å²) >= 11 is 6.03. The lowest BCUT2D eigenvalue weighted by Crippen LogP contribution is -2.26. The van der Waals surface area contributed by atoms with Crippen LogP contribution in [0.4, 0.5) is 5.69 Å². The molecule has 0 N–H and O–H groups in total. The van der Waals surface area contributed by atoms with Gasteiger partial charge in [0.05, 0.1) is 22.2 Å². The Hall–Kier alpha value is -3.39. The Bertz CT molecular complexity index is 1050. The van der Waals surface area contributed by atoms with Gasteiger partial charge < -0.3 is 9.64 Å². The number of nitro benzene ring substituents is 1. The molecule has 8 nitrogen and oxygen atoms in total. The zero-order valence-electron chi connectivity index (χ0n) is 16.6. The van der Waals surface area contributed by atoms with E-state index in [1.807, 2.05) is 23.9 Å². The summed E-state index contributed by atoms with van der Waals surface area (Å²) in [5, 5.41) is 15.3. The third-order valence-electron chi connectivity index (χ3n) is 4.49. The molecule has 0 radical (unpaired) electrons. The number of hydrogen-bond acceptors (Lipinski definition) is 5. The molecule has 0 bridgehead atoms. The largest absolute Gasteiger partial charge is 0.487 e. The van der Waals surface area contributed by atoms with Crippen molar-refractivity contribution < 1.29 is 14.5 Å². The molecule has 0 aliphatic heterocycles. The highest BCUT2D eigenvalue weighted by atomic mass is 35.5. The van der Waals surface area contributed by atoms with E-state index in [1.165, 1.54) is 18.2 Å². The second-order valence-corrected chi connectivity index (χ2v) is 7.09. The van der Waals surface area contributed by atoms with E-state index < -0.39 is 4.92 Å². The van der Waals surface area contributed by atoms with Crippen molar-refractivity contribution in [3.8, 4) is 5.75 Å². The third-order valence-corrected chi connectivity index (χ3v) is 4.78. The van der Waals surface area contributed by atoms with Gasteiger partial charge in [0.1, 0.15) is 12.4 Å². The summed E-state index contributed by atoms with van der Waals surface area (Å²) in [4.78, 5) is 24.5. The summed E-state index contributed by atoms with van der Waals surface area (Å²) in [6.45, 7) is 3.43. The molecule has 2 aromatic carbocycles. The van der Waals surface area contributed by atoms with E-state index in [2.05, 4.69) is 5.10 Å². The Balaban J connectivity index is 1.59. The molecule has 3 rings (SSSR count). The number of rotatable bonds is 8. The first-order valence-electron chi connectivity index (χ1n) is 9.31. The topological polar surface area (TPSA) is 90.5 Å². The zero-order chi connectivity index (χ0) is 21.7. The second kappa shape index (κ2) is 9.41. The fraction of sp³-hybridized carbons (Fsp3) is 0.238. The van der Waals surface area contributed by atoms with Crippen LogP contribution in [0.25, 0.3) is 0 Å². The van der Waals surface area contributed by atoms with Crippen LogP contribution in [0.5, 0.6) is 5.75 Å². The van der Waals surface area contributed by atoms with E-state index in [1.54, 1.807) is 36.2 Å². The van der Waals surface area contributed by atoms with Crippen LogP contribution in [0.15, 0.2) is 54.7 Å². The highest BCUT2D eigenvalue weighted by molar-refractivity contribution is 6.32. The molecule has 0 fully saturated rings. The number of nitro groups is 1. The normalized spacial score (nSPS) is 10.6. The van der Waals surface area contributed by atoms with Crippen LogP contribution < -0.4 is 4.74 Å². The van der Waals surface area contributed by atoms with Crippen LogP contribution in [-0.2, 0) is 19.7 Å². The number of halogens is 1. The number of non-ortho nitro benzene ring substituents is 1. The fourth-order valence-corrected chi connectivity index (χ4v) is 3.05. The molecule has 0 saturated heterocycles. The molecule has 1 aromatic heterocycles. The van der Waals surface area contributed by atoms with E-state index in [-0.39, 0.29) is 23.2 Å². The highest BCUT2D eigenvalue weighted by Crippen LogP contribution is 2.29. The van der Waals surface area contributed by atoms with Crippen molar-refractivity contribution in [3.63, 3.8) is 0 Å². The van der Waals surface area contributed by atoms with Gasteiger partial charge in [-0.2, -0.15) is 5.10 Å². The summed E-state index contributed by atoms with van der Waals surface area (Å²) in [5.74, 6) is 0.251. The molecule has 1 amide bonds. The minimum absolute atomic E-state index is 0.0965. The molecular weight excluding hydrogens is 408 g/mol. The van der Waals surface area contributed by atoms with E-state index in [9.17, 15) is 14.9 Å². The number of nitrogens with zero attached hydrogens (tertiary/aromatic N) is 4. The Morgan fingerprint density at radius 1 is 1.23 bits per heavy atom. The molecular formula is C21H21ClN4O4. The summed E-state index contributed by atoms with van der Waals surface area (Å²) in [6.07, 6.45) is 1.89.